The van der Waals surface area contributed by atoms with E-state index in [0.29, 0.717) is 18.2 Å². The smallest absolute Gasteiger partial charge is 0.122 e. The summed E-state index contributed by atoms with van der Waals surface area (Å²) in [6.45, 7) is 0.792. The Morgan fingerprint density at radius 3 is 2.60 bits per heavy atom. The van der Waals surface area contributed by atoms with E-state index in [1.165, 1.54) is 32.1 Å². The average molecular weight is 340 g/mol. The van der Waals surface area contributed by atoms with E-state index in [1.807, 2.05) is 18.2 Å². The van der Waals surface area contributed by atoms with E-state index in [-0.39, 0.29) is 12.4 Å². The van der Waals surface area contributed by atoms with Crippen molar-refractivity contribution in [3.63, 3.8) is 0 Å². The van der Waals surface area contributed by atoms with E-state index in [1.54, 1.807) is 0 Å². The highest BCUT2D eigenvalue weighted by Gasteiger charge is 2.22. The van der Waals surface area contributed by atoms with Crippen LogP contribution >= 0.6 is 15.9 Å². The molecule has 4 N–H and O–H groups in total. The van der Waals surface area contributed by atoms with Gasteiger partial charge in [-0.1, -0.05) is 19.3 Å². The van der Waals surface area contributed by atoms with Gasteiger partial charge in [0, 0.05) is 22.6 Å². The largest absolute Gasteiger partial charge is 0.395 e. The van der Waals surface area contributed by atoms with Gasteiger partial charge in [-0.25, -0.2) is 0 Å². The van der Waals surface area contributed by atoms with Gasteiger partial charge in [0.25, 0.3) is 0 Å². The lowest BCUT2D eigenvalue weighted by atomic mass is 9.93. The monoisotopic (exact) mass is 339 g/mol. The molecule has 0 heterocycles. The van der Waals surface area contributed by atoms with Crippen LogP contribution in [0.25, 0.3) is 0 Å². The maximum atomic E-state index is 9.35. The summed E-state index contributed by atoms with van der Waals surface area (Å²) in [4.78, 5) is 2.28. The molecule has 110 valence electrons. The molecule has 0 aliphatic heterocycles. The number of aliphatic hydroxyl groups excluding tert-OH is 1. The van der Waals surface area contributed by atoms with Gasteiger partial charge in [0.15, 0.2) is 0 Å². The quantitative estimate of drug-likeness (QED) is 0.570. The summed E-state index contributed by atoms with van der Waals surface area (Å²) in [7, 11) is 0. The molecule has 2 rings (SSSR count). The molecule has 0 atom stereocenters. The van der Waals surface area contributed by atoms with Gasteiger partial charge in [0.1, 0.15) is 5.84 Å². The zero-order valence-electron chi connectivity index (χ0n) is 11.6. The van der Waals surface area contributed by atoms with Crippen molar-refractivity contribution in [2.45, 2.75) is 38.1 Å². The number of halogens is 1. The molecule has 0 spiro atoms. The molecule has 1 aliphatic carbocycles. The van der Waals surface area contributed by atoms with Crippen molar-refractivity contribution in [1.29, 1.82) is 5.41 Å². The molecule has 0 saturated heterocycles. The van der Waals surface area contributed by atoms with Gasteiger partial charge in [-0.3, -0.25) is 5.41 Å². The third-order valence-corrected chi connectivity index (χ3v) is 4.56. The van der Waals surface area contributed by atoms with E-state index in [9.17, 15) is 5.11 Å². The fourth-order valence-corrected chi connectivity index (χ4v) is 3.51. The number of amidine groups is 1. The molecule has 0 bridgehead atoms. The number of nitrogens with two attached hydrogens (primary N) is 1. The molecule has 1 aromatic rings. The number of rotatable bonds is 5. The summed E-state index contributed by atoms with van der Waals surface area (Å²) in [5.41, 5.74) is 7.31. The minimum absolute atomic E-state index is 0.0728. The first-order valence-corrected chi connectivity index (χ1v) is 7.94. The first kappa shape index (κ1) is 15.3. The van der Waals surface area contributed by atoms with Crippen LogP contribution in [0.1, 0.15) is 37.7 Å². The normalized spacial score (nSPS) is 16.1. The van der Waals surface area contributed by atoms with Crippen LogP contribution in [-0.4, -0.2) is 30.1 Å². The standard InChI is InChI=1S/C15H22BrN3O/c16-13-10-11(15(17)18)6-7-14(13)19(8-9-20)12-4-2-1-3-5-12/h6-7,10,12,20H,1-5,8-9H2,(H3,17,18). The maximum Gasteiger partial charge on any atom is 0.122 e. The Hall–Kier alpha value is -1.07. The summed E-state index contributed by atoms with van der Waals surface area (Å²) in [6.07, 6.45) is 6.20. The lowest BCUT2D eigenvalue weighted by Crippen LogP contribution is -2.39. The summed E-state index contributed by atoms with van der Waals surface area (Å²) >= 11 is 3.58. The van der Waals surface area contributed by atoms with Crippen LogP contribution in [0.5, 0.6) is 0 Å². The molecule has 1 aliphatic rings. The number of hydrogen-bond donors (Lipinski definition) is 3. The van der Waals surface area contributed by atoms with Crippen LogP contribution in [0.4, 0.5) is 5.69 Å². The summed E-state index contributed by atoms with van der Waals surface area (Å²) in [6, 6.07) is 6.24. The Labute approximate surface area is 128 Å². The predicted molar refractivity (Wildman–Crippen MR) is 86.5 cm³/mol. The van der Waals surface area contributed by atoms with Gasteiger partial charge in [0.2, 0.25) is 0 Å². The molecule has 0 unspecified atom stereocenters. The van der Waals surface area contributed by atoms with Gasteiger partial charge >= 0.3 is 0 Å². The number of hydrogen-bond acceptors (Lipinski definition) is 3. The summed E-state index contributed by atoms with van der Waals surface area (Å²) in [5, 5.41) is 16.8. The first-order chi connectivity index (χ1) is 9.63. The number of anilines is 1. The van der Waals surface area contributed by atoms with Gasteiger partial charge in [-0.05, 0) is 47.0 Å². The molecule has 4 nitrogen and oxygen atoms in total. The van der Waals surface area contributed by atoms with Crippen LogP contribution in [0, 0.1) is 5.41 Å². The highest BCUT2D eigenvalue weighted by atomic mass is 79.9. The van der Waals surface area contributed by atoms with E-state index in [2.05, 4.69) is 20.8 Å². The molecule has 5 heteroatoms. The van der Waals surface area contributed by atoms with Crippen LogP contribution in [0.3, 0.4) is 0 Å². The second-order valence-corrected chi connectivity index (χ2v) is 6.14. The second-order valence-electron chi connectivity index (χ2n) is 5.29. The van der Waals surface area contributed by atoms with E-state index >= 15 is 0 Å². The van der Waals surface area contributed by atoms with Crippen molar-refractivity contribution in [3.8, 4) is 0 Å². The second kappa shape index (κ2) is 7.09. The van der Waals surface area contributed by atoms with Crippen molar-refractivity contribution in [1.82, 2.24) is 0 Å². The van der Waals surface area contributed by atoms with Crippen LogP contribution in [0.2, 0.25) is 0 Å². The molecule has 0 amide bonds. The highest BCUT2D eigenvalue weighted by molar-refractivity contribution is 9.10. The number of nitrogens with one attached hydrogen (secondary N) is 1. The lowest BCUT2D eigenvalue weighted by molar-refractivity contribution is 0.290. The fraction of sp³-hybridized carbons (Fsp3) is 0.533. The van der Waals surface area contributed by atoms with Gasteiger partial charge in [-0.2, -0.15) is 0 Å². The fourth-order valence-electron chi connectivity index (χ4n) is 2.91. The Balaban J connectivity index is 2.26. The van der Waals surface area contributed by atoms with Gasteiger partial charge in [-0.15, -0.1) is 0 Å². The number of nitrogens with zero attached hydrogens (tertiary/aromatic N) is 1. The van der Waals surface area contributed by atoms with Crippen molar-refractivity contribution in [2.75, 3.05) is 18.1 Å². The Kier molecular flexibility index (Phi) is 5.43. The zero-order valence-corrected chi connectivity index (χ0v) is 13.2. The molecule has 0 aromatic heterocycles. The topological polar surface area (TPSA) is 73.3 Å². The van der Waals surface area contributed by atoms with Crippen molar-refractivity contribution in [2.24, 2.45) is 5.73 Å². The molecular formula is C15H22BrN3O. The average Bonchev–Trinajstić information content (AvgIpc) is 2.46. The van der Waals surface area contributed by atoms with Crippen LogP contribution < -0.4 is 10.6 Å². The van der Waals surface area contributed by atoms with Gasteiger partial charge in [0.05, 0.1) is 12.3 Å². The Bertz CT molecular complexity index is 472. The Morgan fingerprint density at radius 2 is 2.05 bits per heavy atom. The van der Waals surface area contributed by atoms with Crippen molar-refractivity contribution in [3.05, 3.63) is 28.2 Å². The highest BCUT2D eigenvalue weighted by Crippen LogP contribution is 2.32. The van der Waals surface area contributed by atoms with Crippen molar-refractivity contribution < 1.29 is 5.11 Å². The van der Waals surface area contributed by atoms with Crippen molar-refractivity contribution >= 4 is 27.5 Å². The minimum atomic E-state index is 0.0728. The van der Waals surface area contributed by atoms with Crippen LogP contribution in [-0.2, 0) is 0 Å². The molecule has 1 fully saturated rings. The zero-order chi connectivity index (χ0) is 14.5. The van der Waals surface area contributed by atoms with E-state index in [4.69, 9.17) is 11.1 Å². The number of aliphatic hydroxyl groups is 1. The Morgan fingerprint density at radius 1 is 1.35 bits per heavy atom. The first-order valence-electron chi connectivity index (χ1n) is 7.15. The summed E-state index contributed by atoms with van der Waals surface area (Å²) in [5.74, 6) is 0.0728. The molecule has 1 saturated carbocycles. The third-order valence-electron chi connectivity index (χ3n) is 3.92. The van der Waals surface area contributed by atoms with Crippen LogP contribution in [0.15, 0.2) is 22.7 Å². The maximum absolute atomic E-state index is 9.35. The minimum Gasteiger partial charge on any atom is -0.395 e. The molecular weight excluding hydrogens is 318 g/mol. The SMILES string of the molecule is N=C(N)c1ccc(N(CCO)C2CCCCC2)c(Br)c1. The predicted octanol–water partition coefficient (Wildman–Crippen LogP) is 2.86. The molecule has 20 heavy (non-hydrogen) atoms. The summed E-state index contributed by atoms with van der Waals surface area (Å²) < 4.78 is 0.934. The number of nitrogen functional groups attached to an aromatic ring is 1. The van der Waals surface area contributed by atoms with Gasteiger partial charge < -0.3 is 15.7 Å². The van der Waals surface area contributed by atoms with E-state index < -0.39 is 0 Å². The third kappa shape index (κ3) is 3.52. The lowest BCUT2D eigenvalue weighted by Gasteiger charge is -2.36. The number of benzene rings is 1. The molecule has 1 aromatic carbocycles. The molecule has 0 radical (unpaired) electrons. The van der Waals surface area contributed by atoms with E-state index in [0.717, 1.165) is 10.2 Å².